The number of benzene rings is 1. The molecule has 1 aromatic rings. The van der Waals surface area contributed by atoms with E-state index in [4.69, 9.17) is 19.9 Å². The zero-order valence-corrected chi connectivity index (χ0v) is 8.99. The maximum Gasteiger partial charge on any atom is 0.231 e. The summed E-state index contributed by atoms with van der Waals surface area (Å²) in [6.07, 6.45) is 0.308. The summed E-state index contributed by atoms with van der Waals surface area (Å²) < 4.78 is 15.6. The molecule has 2 N–H and O–H groups in total. The summed E-state index contributed by atoms with van der Waals surface area (Å²) in [5.74, 6) is 1.57. The van der Waals surface area contributed by atoms with Gasteiger partial charge in [-0.3, -0.25) is 4.79 Å². The summed E-state index contributed by atoms with van der Waals surface area (Å²) in [4.78, 5) is 11.7. The molecule has 0 saturated carbocycles. The van der Waals surface area contributed by atoms with Crippen molar-refractivity contribution in [2.75, 3.05) is 20.4 Å². The fraction of sp³-hybridized carbons (Fsp3) is 0.364. The van der Waals surface area contributed by atoms with Gasteiger partial charge in [-0.15, -0.1) is 0 Å². The second-order valence-electron chi connectivity index (χ2n) is 3.37. The van der Waals surface area contributed by atoms with E-state index in [1.807, 2.05) is 0 Å². The monoisotopic (exact) mass is 223 g/mol. The average molecular weight is 223 g/mol. The standard InChI is InChI=1S/C11H13NO4/c1-14-9-4-7(8(13)2-3-12)5-10-11(9)16-6-15-10/h4-5H,2-3,6,12H2,1H3. The lowest BCUT2D eigenvalue weighted by Crippen LogP contribution is -2.08. The Kier molecular flexibility index (Phi) is 2.96. The molecule has 16 heavy (non-hydrogen) atoms. The van der Waals surface area contributed by atoms with Gasteiger partial charge in [0, 0.05) is 12.0 Å². The molecule has 1 aliphatic heterocycles. The lowest BCUT2D eigenvalue weighted by atomic mass is 10.1. The van der Waals surface area contributed by atoms with Gasteiger partial charge in [0.1, 0.15) is 0 Å². The molecule has 0 radical (unpaired) electrons. The second kappa shape index (κ2) is 4.40. The minimum atomic E-state index is -0.0286. The van der Waals surface area contributed by atoms with Crippen LogP contribution in [0.3, 0.4) is 0 Å². The van der Waals surface area contributed by atoms with Gasteiger partial charge in [-0.25, -0.2) is 0 Å². The normalized spacial score (nSPS) is 12.6. The fourth-order valence-corrected chi connectivity index (χ4v) is 1.57. The minimum absolute atomic E-state index is 0.0286. The first-order valence-electron chi connectivity index (χ1n) is 4.97. The van der Waals surface area contributed by atoms with Crippen LogP contribution in [0.4, 0.5) is 0 Å². The molecule has 0 atom stereocenters. The number of hydrogen-bond donors (Lipinski definition) is 1. The predicted molar refractivity (Wildman–Crippen MR) is 57.1 cm³/mol. The smallest absolute Gasteiger partial charge is 0.231 e. The van der Waals surface area contributed by atoms with Gasteiger partial charge in [0.05, 0.1) is 7.11 Å². The number of hydrogen-bond acceptors (Lipinski definition) is 5. The van der Waals surface area contributed by atoms with Crippen LogP contribution < -0.4 is 19.9 Å². The Morgan fingerprint density at radius 1 is 1.50 bits per heavy atom. The van der Waals surface area contributed by atoms with E-state index in [1.54, 1.807) is 12.1 Å². The molecular formula is C11H13NO4. The number of carbonyl (C=O) groups is 1. The number of ether oxygens (including phenoxy) is 3. The second-order valence-corrected chi connectivity index (χ2v) is 3.37. The average Bonchev–Trinajstić information content (AvgIpc) is 2.75. The molecule has 0 spiro atoms. The Hall–Kier alpha value is -1.75. The van der Waals surface area contributed by atoms with Gasteiger partial charge in [0.15, 0.2) is 17.3 Å². The lowest BCUT2D eigenvalue weighted by Gasteiger charge is -2.07. The van der Waals surface area contributed by atoms with Crippen LogP contribution in [0.5, 0.6) is 17.2 Å². The maximum absolute atomic E-state index is 11.7. The molecule has 5 heteroatoms. The van der Waals surface area contributed by atoms with Crippen LogP contribution >= 0.6 is 0 Å². The Labute approximate surface area is 93.1 Å². The molecule has 0 aromatic heterocycles. The van der Waals surface area contributed by atoms with E-state index in [-0.39, 0.29) is 12.6 Å². The van der Waals surface area contributed by atoms with Crippen molar-refractivity contribution in [2.24, 2.45) is 5.73 Å². The summed E-state index contributed by atoms with van der Waals surface area (Å²) in [7, 11) is 1.52. The topological polar surface area (TPSA) is 70.8 Å². The molecule has 1 aromatic carbocycles. The van der Waals surface area contributed by atoms with Gasteiger partial charge in [-0.05, 0) is 18.7 Å². The van der Waals surface area contributed by atoms with Crippen molar-refractivity contribution >= 4 is 5.78 Å². The van der Waals surface area contributed by atoms with E-state index in [9.17, 15) is 4.79 Å². The highest BCUT2D eigenvalue weighted by Gasteiger charge is 2.21. The fourth-order valence-electron chi connectivity index (χ4n) is 1.57. The van der Waals surface area contributed by atoms with Crippen molar-refractivity contribution in [3.8, 4) is 17.2 Å². The number of methoxy groups -OCH3 is 1. The van der Waals surface area contributed by atoms with Gasteiger partial charge in [-0.2, -0.15) is 0 Å². The number of nitrogens with two attached hydrogens (primary N) is 1. The Morgan fingerprint density at radius 3 is 3.00 bits per heavy atom. The first-order chi connectivity index (χ1) is 7.76. The summed E-state index contributed by atoms with van der Waals surface area (Å²) in [5, 5.41) is 0. The SMILES string of the molecule is COc1cc(C(=O)CCN)cc2c1OCO2. The lowest BCUT2D eigenvalue weighted by molar-refractivity contribution is 0.0984. The molecule has 5 nitrogen and oxygen atoms in total. The molecule has 1 heterocycles. The Bertz CT molecular complexity index is 417. The Morgan fingerprint density at radius 2 is 2.31 bits per heavy atom. The van der Waals surface area contributed by atoms with E-state index >= 15 is 0 Å². The van der Waals surface area contributed by atoms with Crippen LogP contribution in [0.2, 0.25) is 0 Å². The van der Waals surface area contributed by atoms with E-state index in [0.717, 1.165) is 0 Å². The highest BCUT2D eigenvalue weighted by atomic mass is 16.7. The number of carbonyl (C=O) groups excluding carboxylic acids is 1. The maximum atomic E-state index is 11.7. The van der Waals surface area contributed by atoms with Gasteiger partial charge < -0.3 is 19.9 Å². The molecule has 0 bridgehead atoms. The molecule has 0 amide bonds. The molecule has 0 fully saturated rings. The van der Waals surface area contributed by atoms with E-state index in [2.05, 4.69) is 0 Å². The zero-order chi connectivity index (χ0) is 11.5. The van der Waals surface area contributed by atoms with Crippen LogP contribution in [0, 0.1) is 0 Å². The molecule has 0 unspecified atom stereocenters. The van der Waals surface area contributed by atoms with Crippen molar-refractivity contribution < 1.29 is 19.0 Å². The first-order valence-corrected chi connectivity index (χ1v) is 4.97. The van der Waals surface area contributed by atoms with Crippen molar-refractivity contribution in [1.82, 2.24) is 0 Å². The molecule has 0 saturated heterocycles. The number of ketones is 1. The van der Waals surface area contributed by atoms with Crippen LogP contribution in [-0.2, 0) is 0 Å². The summed E-state index contributed by atoms with van der Waals surface area (Å²) in [5.41, 5.74) is 5.88. The summed E-state index contributed by atoms with van der Waals surface area (Å²) in [6.45, 7) is 0.482. The quantitative estimate of drug-likeness (QED) is 0.770. The van der Waals surface area contributed by atoms with Gasteiger partial charge in [0.2, 0.25) is 12.5 Å². The predicted octanol–water partition coefficient (Wildman–Crippen LogP) is 0.955. The van der Waals surface area contributed by atoms with Gasteiger partial charge in [0.25, 0.3) is 0 Å². The van der Waals surface area contributed by atoms with Crippen molar-refractivity contribution in [2.45, 2.75) is 6.42 Å². The first kappa shape index (κ1) is 10.8. The largest absolute Gasteiger partial charge is 0.493 e. The van der Waals surface area contributed by atoms with E-state index in [0.29, 0.717) is 35.8 Å². The van der Waals surface area contributed by atoms with Crippen molar-refractivity contribution in [3.05, 3.63) is 17.7 Å². The number of Topliss-reactive ketones (excluding diaryl/α,β-unsaturated/α-hetero) is 1. The Balaban J connectivity index is 2.38. The third kappa shape index (κ3) is 1.81. The summed E-state index contributed by atoms with van der Waals surface area (Å²) in [6, 6.07) is 3.30. The minimum Gasteiger partial charge on any atom is -0.493 e. The molecule has 2 rings (SSSR count). The van der Waals surface area contributed by atoms with Crippen LogP contribution in [0.15, 0.2) is 12.1 Å². The van der Waals surface area contributed by atoms with Crippen LogP contribution in [-0.4, -0.2) is 26.2 Å². The number of fused-ring (bicyclic) bond motifs is 1. The zero-order valence-electron chi connectivity index (χ0n) is 8.99. The third-order valence-corrected chi connectivity index (χ3v) is 2.35. The van der Waals surface area contributed by atoms with Gasteiger partial charge >= 0.3 is 0 Å². The van der Waals surface area contributed by atoms with Crippen LogP contribution in [0.25, 0.3) is 0 Å². The highest BCUT2D eigenvalue weighted by molar-refractivity contribution is 5.97. The summed E-state index contributed by atoms with van der Waals surface area (Å²) >= 11 is 0. The molecule has 1 aliphatic rings. The molecular weight excluding hydrogens is 210 g/mol. The molecule has 86 valence electrons. The van der Waals surface area contributed by atoms with Crippen molar-refractivity contribution in [1.29, 1.82) is 0 Å². The van der Waals surface area contributed by atoms with Crippen LogP contribution in [0.1, 0.15) is 16.8 Å². The third-order valence-electron chi connectivity index (χ3n) is 2.35. The number of rotatable bonds is 4. The van der Waals surface area contributed by atoms with Crippen molar-refractivity contribution in [3.63, 3.8) is 0 Å². The highest BCUT2D eigenvalue weighted by Crippen LogP contribution is 2.41. The molecule has 0 aliphatic carbocycles. The van der Waals surface area contributed by atoms with Gasteiger partial charge in [-0.1, -0.05) is 0 Å². The van der Waals surface area contributed by atoms with E-state index < -0.39 is 0 Å². The van der Waals surface area contributed by atoms with E-state index in [1.165, 1.54) is 7.11 Å².